The second kappa shape index (κ2) is 4.90. The zero-order chi connectivity index (χ0) is 11.5. The number of hydrogen-bond donors (Lipinski definition) is 1. The predicted octanol–water partition coefficient (Wildman–Crippen LogP) is 1.99. The highest BCUT2D eigenvalue weighted by Gasteiger charge is 2.19. The van der Waals surface area contributed by atoms with E-state index in [1.807, 2.05) is 0 Å². The molecule has 0 radical (unpaired) electrons. The van der Waals surface area contributed by atoms with Crippen molar-refractivity contribution in [3.63, 3.8) is 0 Å². The molecule has 1 rings (SSSR count). The smallest absolute Gasteiger partial charge is 0.144 e. The van der Waals surface area contributed by atoms with Crippen LogP contribution in [-0.4, -0.2) is 41.0 Å². The molecule has 0 atom stereocenters. The number of anilines is 1. The Morgan fingerprint density at radius 3 is 2.67 bits per heavy atom. The van der Waals surface area contributed by atoms with Crippen molar-refractivity contribution in [1.29, 1.82) is 0 Å². The van der Waals surface area contributed by atoms with Crippen molar-refractivity contribution in [1.82, 2.24) is 14.9 Å². The third kappa shape index (κ3) is 4.13. The van der Waals surface area contributed by atoms with Crippen LogP contribution >= 0.6 is 15.9 Å². The number of aromatic nitrogens is 2. The van der Waals surface area contributed by atoms with Gasteiger partial charge in [-0.3, -0.25) is 0 Å². The quantitative estimate of drug-likeness (QED) is 0.911. The van der Waals surface area contributed by atoms with Crippen molar-refractivity contribution in [2.45, 2.75) is 19.4 Å². The first kappa shape index (κ1) is 12.4. The summed E-state index contributed by atoms with van der Waals surface area (Å²) in [5.41, 5.74) is -0.0274. The molecule has 0 aliphatic heterocycles. The summed E-state index contributed by atoms with van der Waals surface area (Å²) >= 11 is 3.41. The average molecular weight is 273 g/mol. The van der Waals surface area contributed by atoms with Crippen LogP contribution in [0.4, 0.5) is 5.82 Å². The summed E-state index contributed by atoms with van der Waals surface area (Å²) in [7, 11) is 4.11. The lowest BCUT2D eigenvalue weighted by atomic mass is 10.1. The van der Waals surface area contributed by atoms with Gasteiger partial charge in [-0.25, -0.2) is 9.97 Å². The molecule has 0 fully saturated rings. The van der Waals surface area contributed by atoms with Crippen LogP contribution in [0, 0.1) is 0 Å². The number of nitrogens with one attached hydrogen (secondary N) is 1. The highest BCUT2D eigenvalue weighted by atomic mass is 79.9. The highest BCUT2D eigenvalue weighted by molar-refractivity contribution is 9.10. The summed E-state index contributed by atoms with van der Waals surface area (Å²) in [6.45, 7) is 5.21. The van der Waals surface area contributed by atoms with Crippen LogP contribution in [0.15, 0.2) is 17.0 Å². The van der Waals surface area contributed by atoms with Crippen molar-refractivity contribution in [3.05, 3.63) is 17.0 Å². The van der Waals surface area contributed by atoms with Crippen molar-refractivity contribution in [3.8, 4) is 0 Å². The van der Waals surface area contributed by atoms with Gasteiger partial charge in [0.1, 0.15) is 12.1 Å². The summed E-state index contributed by atoms with van der Waals surface area (Å²) in [6, 6.07) is 0. The Morgan fingerprint density at radius 1 is 1.47 bits per heavy atom. The zero-order valence-corrected chi connectivity index (χ0v) is 11.2. The summed E-state index contributed by atoms with van der Waals surface area (Å²) in [6.07, 6.45) is 3.28. The van der Waals surface area contributed by atoms with Crippen LogP contribution in [-0.2, 0) is 0 Å². The fourth-order valence-electron chi connectivity index (χ4n) is 1.56. The van der Waals surface area contributed by atoms with E-state index in [1.165, 1.54) is 0 Å². The van der Waals surface area contributed by atoms with E-state index in [1.54, 1.807) is 12.5 Å². The van der Waals surface area contributed by atoms with Crippen LogP contribution < -0.4 is 5.32 Å². The minimum absolute atomic E-state index is 0.0274. The molecule has 5 heteroatoms. The third-order valence-corrected chi connectivity index (χ3v) is 2.42. The van der Waals surface area contributed by atoms with Gasteiger partial charge in [-0.05, 0) is 43.9 Å². The second-order valence-corrected chi connectivity index (χ2v) is 5.32. The fourth-order valence-corrected chi connectivity index (χ4v) is 1.87. The molecule has 0 bridgehead atoms. The molecule has 15 heavy (non-hydrogen) atoms. The first-order chi connectivity index (χ1) is 6.91. The summed E-state index contributed by atoms with van der Waals surface area (Å²) in [4.78, 5) is 10.3. The predicted molar refractivity (Wildman–Crippen MR) is 66.0 cm³/mol. The second-order valence-electron chi connectivity index (χ2n) is 4.47. The first-order valence-electron chi connectivity index (χ1n) is 4.79. The lowest BCUT2D eigenvalue weighted by molar-refractivity contribution is 0.333. The van der Waals surface area contributed by atoms with E-state index in [0.717, 1.165) is 16.8 Å². The van der Waals surface area contributed by atoms with Gasteiger partial charge in [0.15, 0.2) is 0 Å². The number of halogens is 1. The molecule has 1 heterocycles. The summed E-state index contributed by atoms with van der Waals surface area (Å²) in [5, 5.41) is 3.38. The first-order valence-corrected chi connectivity index (χ1v) is 5.58. The minimum Gasteiger partial charge on any atom is -0.363 e. The highest BCUT2D eigenvalue weighted by Crippen LogP contribution is 2.21. The van der Waals surface area contributed by atoms with Crippen LogP contribution in [0.5, 0.6) is 0 Å². The molecular weight excluding hydrogens is 256 g/mol. The van der Waals surface area contributed by atoms with Gasteiger partial charge < -0.3 is 10.2 Å². The molecule has 0 aliphatic rings. The van der Waals surface area contributed by atoms with Crippen LogP contribution in [0.2, 0.25) is 0 Å². The maximum Gasteiger partial charge on any atom is 0.144 e. The van der Waals surface area contributed by atoms with Gasteiger partial charge in [0.05, 0.1) is 4.47 Å². The number of nitrogens with zero attached hydrogens (tertiary/aromatic N) is 3. The molecule has 1 aromatic heterocycles. The SMILES string of the molecule is CN(C)CC(C)(C)Nc1ncncc1Br. The van der Waals surface area contributed by atoms with E-state index in [-0.39, 0.29) is 5.54 Å². The maximum atomic E-state index is 4.18. The van der Waals surface area contributed by atoms with Crippen molar-refractivity contribution < 1.29 is 0 Å². The molecule has 0 aliphatic carbocycles. The molecule has 0 amide bonds. The molecule has 84 valence electrons. The minimum atomic E-state index is -0.0274. The normalized spacial score (nSPS) is 11.9. The lowest BCUT2D eigenvalue weighted by Gasteiger charge is -2.30. The lowest BCUT2D eigenvalue weighted by Crippen LogP contribution is -2.41. The number of rotatable bonds is 4. The Balaban J connectivity index is 2.73. The van der Waals surface area contributed by atoms with Gasteiger partial charge in [0.2, 0.25) is 0 Å². The topological polar surface area (TPSA) is 41.0 Å². The Hall–Kier alpha value is -0.680. The van der Waals surface area contributed by atoms with Gasteiger partial charge in [0, 0.05) is 18.3 Å². The van der Waals surface area contributed by atoms with Crippen molar-refractivity contribution >= 4 is 21.7 Å². The average Bonchev–Trinajstić information content (AvgIpc) is 2.06. The molecule has 4 nitrogen and oxygen atoms in total. The molecule has 0 saturated heterocycles. The Kier molecular flexibility index (Phi) is 4.04. The fraction of sp³-hybridized carbons (Fsp3) is 0.600. The summed E-state index contributed by atoms with van der Waals surface area (Å²) in [5.74, 6) is 0.830. The molecule has 0 aromatic carbocycles. The number of hydrogen-bond acceptors (Lipinski definition) is 4. The summed E-state index contributed by atoms with van der Waals surface area (Å²) < 4.78 is 0.886. The Labute approximate surface area is 99.2 Å². The van der Waals surface area contributed by atoms with E-state index in [9.17, 15) is 0 Å². The van der Waals surface area contributed by atoms with Gasteiger partial charge in [0.25, 0.3) is 0 Å². The maximum absolute atomic E-state index is 4.18. The van der Waals surface area contributed by atoms with E-state index in [0.29, 0.717) is 0 Å². The standard InChI is InChI=1S/C10H17BrN4/c1-10(2,6-15(3)4)14-9-8(11)5-12-7-13-9/h5,7H,6H2,1-4H3,(H,12,13,14). The molecule has 1 N–H and O–H groups in total. The molecule has 0 saturated carbocycles. The number of likely N-dealkylation sites (N-methyl/N-ethyl adjacent to an activating group) is 1. The van der Waals surface area contributed by atoms with E-state index in [2.05, 4.69) is 64.1 Å². The Morgan fingerprint density at radius 2 is 2.13 bits per heavy atom. The Bertz CT molecular complexity index is 325. The van der Waals surface area contributed by atoms with Crippen LogP contribution in [0.25, 0.3) is 0 Å². The zero-order valence-electron chi connectivity index (χ0n) is 9.58. The van der Waals surface area contributed by atoms with Gasteiger partial charge >= 0.3 is 0 Å². The van der Waals surface area contributed by atoms with E-state index in [4.69, 9.17) is 0 Å². The van der Waals surface area contributed by atoms with Crippen molar-refractivity contribution in [2.75, 3.05) is 26.0 Å². The van der Waals surface area contributed by atoms with Crippen molar-refractivity contribution in [2.24, 2.45) is 0 Å². The van der Waals surface area contributed by atoms with Gasteiger partial charge in [-0.15, -0.1) is 0 Å². The third-order valence-electron chi connectivity index (χ3n) is 1.84. The molecule has 1 aromatic rings. The van der Waals surface area contributed by atoms with Gasteiger partial charge in [-0.1, -0.05) is 0 Å². The molecule has 0 unspecified atom stereocenters. The van der Waals surface area contributed by atoms with Gasteiger partial charge in [-0.2, -0.15) is 0 Å². The largest absolute Gasteiger partial charge is 0.363 e. The van der Waals surface area contributed by atoms with E-state index >= 15 is 0 Å². The monoisotopic (exact) mass is 272 g/mol. The molecule has 0 spiro atoms. The van der Waals surface area contributed by atoms with Crippen LogP contribution in [0.3, 0.4) is 0 Å². The molecular formula is C10H17BrN4. The van der Waals surface area contributed by atoms with E-state index < -0.39 is 0 Å². The van der Waals surface area contributed by atoms with Crippen LogP contribution in [0.1, 0.15) is 13.8 Å².